The van der Waals surface area contributed by atoms with Crippen LogP contribution in [0.2, 0.25) is 0 Å². The van der Waals surface area contributed by atoms with Crippen molar-refractivity contribution in [3.05, 3.63) is 30.5 Å². The van der Waals surface area contributed by atoms with Gasteiger partial charge in [-0.1, -0.05) is 12.1 Å². The van der Waals surface area contributed by atoms with Crippen LogP contribution < -0.4 is 5.32 Å². The van der Waals surface area contributed by atoms with Crippen molar-refractivity contribution in [1.29, 1.82) is 0 Å². The van der Waals surface area contributed by atoms with Gasteiger partial charge in [-0.15, -0.1) is 0 Å². The number of halogens is 3. The first-order valence-electron chi connectivity index (χ1n) is 6.07. The van der Waals surface area contributed by atoms with E-state index in [2.05, 4.69) is 15.3 Å². The molecule has 0 fully saturated rings. The van der Waals surface area contributed by atoms with E-state index in [-0.39, 0.29) is 6.42 Å². The summed E-state index contributed by atoms with van der Waals surface area (Å²) in [6.07, 6.45) is -2.64. The van der Waals surface area contributed by atoms with Crippen LogP contribution in [0.25, 0.3) is 11.0 Å². The van der Waals surface area contributed by atoms with Gasteiger partial charge >= 0.3 is 6.18 Å². The van der Waals surface area contributed by atoms with Crippen molar-refractivity contribution in [3.63, 3.8) is 0 Å². The van der Waals surface area contributed by atoms with E-state index in [1.807, 2.05) is 24.3 Å². The molecule has 0 aliphatic carbocycles. The van der Waals surface area contributed by atoms with E-state index in [9.17, 15) is 13.2 Å². The summed E-state index contributed by atoms with van der Waals surface area (Å²) in [5, 5.41) is 2.98. The Morgan fingerprint density at radius 3 is 2.53 bits per heavy atom. The van der Waals surface area contributed by atoms with E-state index in [0.717, 1.165) is 11.0 Å². The first-order chi connectivity index (χ1) is 9.04. The molecule has 0 unspecified atom stereocenters. The van der Waals surface area contributed by atoms with Crippen molar-refractivity contribution in [1.82, 2.24) is 9.97 Å². The second-order valence-corrected chi connectivity index (χ2v) is 4.24. The first kappa shape index (κ1) is 13.6. The Morgan fingerprint density at radius 2 is 1.79 bits per heavy atom. The molecule has 0 aliphatic heterocycles. The van der Waals surface area contributed by atoms with E-state index in [1.165, 1.54) is 0 Å². The molecular weight excluding hydrogens is 255 g/mol. The largest absolute Gasteiger partial charge is 0.389 e. The smallest absolute Gasteiger partial charge is 0.369 e. The summed E-state index contributed by atoms with van der Waals surface area (Å²) >= 11 is 0. The molecule has 0 amide bonds. The number of aromatic nitrogens is 2. The van der Waals surface area contributed by atoms with Crippen LogP contribution in [-0.2, 0) is 0 Å². The molecule has 0 bridgehead atoms. The van der Waals surface area contributed by atoms with Gasteiger partial charge in [0.1, 0.15) is 5.82 Å². The number of fused-ring (bicyclic) bond motifs is 1. The van der Waals surface area contributed by atoms with Gasteiger partial charge in [0, 0.05) is 13.0 Å². The molecule has 1 aromatic heterocycles. The molecule has 1 aromatic carbocycles. The molecule has 1 N–H and O–H groups in total. The third-order valence-electron chi connectivity index (χ3n) is 2.64. The molecule has 102 valence electrons. The minimum atomic E-state index is -4.07. The Bertz CT molecular complexity index is 540. The van der Waals surface area contributed by atoms with Crippen LogP contribution in [-0.4, -0.2) is 22.7 Å². The summed E-state index contributed by atoms with van der Waals surface area (Å²) in [4.78, 5) is 8.54. The van der Waals surface area contributed by atoms with Crippen LogP contribution >= 0.6 is 0 Å². The van der Waals surface area contributed by atoms with Gasteiger partial charge in [0.2, 0.25) is 0 Å². The predicted octanol–water partition coefficient (Wildman–Crippen LogP) is 3.77. The highest BCUT2D eigenvalue weighted by atomic mass is 19.4. The number of alkyl halides is 3. The van der Waals surface area contributed by atoms with Crippen LogP contribution in [0.5, 0.6) is 0 Å². The third kappa shape index (κ3) is 4.39. The first-order valence-corrected chi connectivity index (χ1v) is 6.07. The number of nitrogens with one attached hydrogen (secondary N) is 1. The van der Waals surface area contributed by atoms with Gasteiger partial charge in [0.05, 0.1) is 17.2 Å². The maximum Gasteiger partial charge on any atom is 0.389 e. The Kier molecular flexibility index (Phi) is 4.19. The highest BCUT2D eigenvalue weighted by Gasteiger charge is 2.25. The zero-order chi connectivity index (χ0) is 13.7. The topological polar surface area (TPSA) is 37.8 Å². The molecule has 0 radical (unpaired) electrons. The Hall–Kier alpha value is -1.85. The molecule has 0 atom stereocenters. The van der Waals surface area contributed by atoms with E-state index in [1.54, 1.807) is 6.20 Å². The number of rotatable bonds is 5. The van der Waals surface area contributed by atoms with Gasteiger partial charge in [-0.25, -0.2) is 4.98 Å². The van der Waals surface area contributed by atoms with Gasteiger partial charge in [0.25, 0.3) is 0 Å². The lowest BCUT2D eigenvalue weighted by molar-refractivity contribution is -0.135. The molecule has 0 saturated heterocycles. The van der Waals surface area contributed by atoms with Crippen LogP contribution in [0, 0.1) is 0 Å². The Balaban J connectivity index is 1.82. The number of para-hydroxylation sites is 2. The highest BCUT2D eigenvalue weighted by Crippen LogP contribution is 2.22. The summed E-state index contributed by atoms with van der Waals surface area (Å²) in [5.41, 5.74) is 1.56. The fourth-order valence-electron chi connectivity index (χ4n) is 1.71. The monoisotopic (exact) mass is 269 g/mol. The van der Waals surface area contributed by atoms with Crippen molar-refractivity contribution in [2.75, 3.05) is 11.9 Å². The molecule has 6 heteroatoms. The number of benzene rings is 1. The molecule has 0 aliphatic rings. The number of anilines is 1. The summed E-state index contributed by atoms with van der Waals surface area (Å²) < 4.78 is 35.8. The number of unbranched alkanes of at least 4 members (excludes halogenated alkanes) is 1. The molecule has 19 heavy (non-hydrogen) atoms. The van der Waals surface area contributed by atoms with Crippen LogP contribution in [0.1, 0.15) is 19.3 Å². The molecule has 2 rings (SSSR count). The van der Waals surface area contributed by atoms with E-state index in [4.69, 9.17) is 0 Å². The summed E-state index contributed by atoms with van der Waals surface area (Å²) in [7, 11) is 0. The van der Waals surface area contributed by atoms with E-state index >= 15 is 0 Å². The summed E-state index contributed by atoms with van der Waals surface area (Å²) in [5.74, 6) is 0.589. The standard InChI is InChI=1S/C13H14F3N3/c14-13(15,16)7-3-4-8-17-12-9-18-10-5-1-2-6-11(10)19-12/h1-2,5-6,9H,3-4,7-8H2,(H,17,19). The fraction of sp³-hybridized carbons (Fsp3) is 0.385. The number of hydrogen-bond donors (Lipinski definition) is 1. The van der Waals surface area contributed by atoms with Crippen LogP contribution in [0.4, 0.5) is 19.0 Å². The van der Waals surface area contributed by atoms with Gasteiger partial charge in [-0.05, 0) is 25.0 Å². The lowest BCUT2D eigenvalue weighted by Gasteiger charge is -2.07. The lowest BCUT2D eigenvalue weighted by Crippen LogP contribution is -2.09. The normalized spacial score (nSPS) is 11.7. The van der Waals surface area contributed by atoms with Crippen LogP contribution in [0.3, 0.4) is 0 Å². The van der Waals surface area contributed by atoms with Crippen molar-refractivity contribution in [3.8, 4) is 0 Å². The minimum Gasteiger partial charge on any atom is -0.369 e. The SMILES string of the molecule is FC(F)(F)CCCCNc1cnc2ccccc2n1. The van der Waals surface area contributed by atoms with E-state index in [0.29, 0.717) is 18.8 Å². The molecule has 0 saturated carbocycles. The Morgan fingerprint density at radius 1 is 1.05 bits per heavy atom. The van der Waals surface area contributed by atoms with Gasteiger partial charge in [-0.2, -0.15) is 13.2 Å². The van der Waals surface area contributed by atoms with Crippen molar-refractivity contribution < 1.29 is 13.2 Å². The number of nitrogens with zero attached hydrogens (tertiary/aromatic N) is 2. The second-order valence-electron chi connectivity index (χ2n) is 4.24. The zero-order valence-electron chi connectivity index (χ0n) is 10.2. The van der Waals surface area contributed by atoms with Gasteiger partial charge < -0.3 is 5.32 Å². The third-order valence-corrected chi connectivity index (χ3v) is 2.64. The molecule has 3 nitrogen and oxygen atoms in total. The van der Waals surface area contributed by atoms with Gasteiger partial charge in [0.15, 0.2) is 0 Å². The maximum atomic E-state index is 11.9. The van der Waals surface area contributed by atoms with Crippen molar-refractivity contribution in [2.24, 2.45) is 0 Å². The van der Waals surface area contributed by atoms with Crippen LogP contribution in [0.15, 0.2) is 30.5 Å². The zero-order valence-corrected chi connectivity index (χ0v) is 10.2. The average Bonchev–Trinajstić information content (AvgIpc) is 2.37. The summed E-state index contributed by atoms with van der Waals surface area (Å²) in [6.45, 7) is 0.461. The molecule has 0 spiro atoms. The Labute approximate surface area is 108 Å². The molecule has 1 heterocycles. The fourth-order valence-corrected chi connectivity index (χ4v) is 1.71. The van der Waals surface area contributed by atoms with Gasteiger partial charge in [-0.3, -0.25) is 4.98 Å². The second kappa shape index (κ2) is 5.86. The van der Waals surface area contributed by atoms with E-state index < -0.39 is 12.6 Å². The molecular formula is C13H14F3N3. The van der Waals surface area contributed by atoms with Crippen molar-refractivity contribution in [2.45, 2.75) is 25.4 Å². The average molecular weight is 269 g/mol. The predicted molar refractivity (Wildman–Crippen MR) is 67.9 cm³/mol. The van der Waals surface area contributed by atoms with Crippen molar-refractivity contribution >= 4 is 16.9 Å². The molecule has 2 aromatic rings. The number of hydrogen-bond acceptors (Lipinski definition) is 3. The quantitative estimate of drug-likeness (QED) is 0.839. The minimum absolute atomic E-state index is 0.123. The highest BCUT2D eigenvalue weighted by molar-refractivity contribution is 5.75. The summed E-state index contributed by atoms with van der Waals surface area (Å²) in [6, 6.07) is 7.44. The lowest BCUT2D eigenvalue weighted by atomic mass is 10.2. The maximum absolute atomic E-state index is 11.9.